The minimum atomic E-state index is -4.55. The van der Waals surface area contributed by atoms with E-state index >= 15 is 0 Å². The van der Waals surface area contributed by atoms with Crippen molar-refractivity contribution in [3.8, 4) is 0 Å². The van der Waals surface area contributed by atoms with Crippen molar-refractivity contribution in [2.24, 2.45) is 0 Å². The number of halogens is 3. The van der Waals surface area contributed by atoms with Gasteiger partial charge >= 0.3 is 6.18 Å². The van der Waals surface area contributed by atoms with E-state index in [1.54, 1.807) is 18.9 Å². The number of carbonyl (C=O) groups is 2. The van der Waals surface area contributed by atoms with Gasteiger partial charge in [-0.15, -0.1) is 0 Å². The fourth-order valence-corrected chi connectivity index (χ4v) is 2.78. The third kappa shape index (κ3) is 4.94. The lowest BCUT2D eigenvalue weighted by Crippen LogP contribution is -2.46. The van der Waals surface area contributed by atoms with E-state index in [-0.39, 0.29) is 18.1 Å². The molecule has 0 radical (unpaired) electrons. The van der Waals surface area contributed by atoms with Crippen molar-refractivity contribution in [3.05, 3.63) is 29.8 Å². The Morgan fingerprint density at radius 2 is 1.84 bits per heavy atom. The summed E-state index contributed by atoms with van der Waals surface area (Å²) >= 11 is 0. The van der Waals surface area contributed by atoms with Crippen molar-refractivity contribution in [3.63, 3.8) is 0 Å². The Morgan fingerprint density at radius 1 is 1.24 bits per heavy atom. The monoisotopic (exact) mass is 357 g/mol. The number of nitrogens with one attached hydrogen (secondary N) is 1. The lowest BCUT2D eigenvalue weighted by molar-refractivity contribution is -0.137. The Morgan fingerprint density at radius 3 is 2.44 bits per heavy atom. The van der Waals surface area contributed by atoms with Gasteiger partial charge < -0.3 is 10.2 Å². The first-order valence-corrected chi connectivity index (χ1v) is 8.15. The highest BCUT2D eigenvalue weighted by Crippen LogP contribution is 2.34. The number of nitrogens with zero attached hydrogens (tertiary/aromatic N) is 2. The van der Waals surface area contributed by atoms with E-state index in [4.69, 9.17) is 0 Å². The van der Waals surface area contributed by atoms with Gasteiger partial charge in [-0.2, -0.15) is 13.2 Å². The summed E-state index contributed by atoms with van der Waals surface area (Å²) in [5, 5.41) is 2.29. The topological polar surface area (TPSA) is 52.7 Å². The normalized spacial score (nSPS) is 16.2. The molecule has 2 amide bonds. The van der Waals surface area contributed by atoms with E-state index in [2.05, 4.69) is 5.32 Å². The van der Waals surface area contributed by atoms with Gasteiger partial charge in [0.1, 0.15) is 0 Å². The summed E-state index contributed by atoms with van der Waals surface area (Å²) in [5.74, 6) is -0.663. The molecule has 1 fully saturated rings. The molecule has 1 atom stereocenters. The summed E-state index contributed by atoms with van der Waals surface area (Å²) < 4.78 is 38.9. The molecule has 0 saturated carbocycles. The molecule has 1 aliphatic heterocycles. The highest BCUT2D eigenvalue weighted by atomic mass is 19.4. The predicted molar refractivity (Wildman–Crippen MR) is 88.0 cm³/mol. The zero-order valence-corrected chi connectivity index (χ0v) is 14.3. The van der Waals surface area contributed by atoms with Gasteiger partial charge in [0, 0.05) is 13.1 Å². The first-order chi connectivity index (χ1) is 11.7. The SMILES string of the molecule is C[C@@H](C(=O)N1CCCC1)N(C)CC(=O)Nc1ccccc1C(F)(F)F. The molecule has 1 aromatic carbocycles. The first kappa shape index (κ1) is 19.2. The van der Waals surface area contributed by atoms with Crippen LogP contribution in [0.4, 0.5) is 18.9 Å². The molecule has 1 heterocycles. The average Bonchev–Trinajstić information content (AvgIpc) is 3.07. The summed E-state index contributed by atoms with van der Waals surface area (Å²) in [6, 6.07) is 4.30. The molecule has 1 saturated heterocycles. The van der Waals surface area contributed by atoms with Crippen molar-refractivity contribution in [2.75, 3.05) is 32.0 Å². The molecule has 5 nitrogen and oxygen atoms in total. The Bertz CT molecular complexity index is 628. The van der Waals surface area contributed by atoms with Gasteiger partial charge in [-0.1, -0.05) is 12.1 Å². The second-order valence-electron chi connectivity index (χ2n) is 6.21. The number of hydrogen-bond donors (Lipinski definition) is 1. The number of rotatable bonds is 5. The Kier molecular flexibility index (Phi) is 6.05. The van der Waals surface area contributed by atoms with Gasteiger partial charge in [0.25, 0.3) is 0 Å². The molecule has 25 heavy (non-hydrogen) atoms. The van der Waals surface area contributed by atoms with Crippen LogP contribution < -0.4 is 5.32 Å². The number of likely N-dealkylation sites (N-methyl/N-ethyl adjacent to an activating group) is 1. The molecule has 2 rings (SSSR count). The van der Waals surface area contributed by atoms with Gasteiger partial charge in [0.15, 0.2) is 0 Å². The van der Waals surface area contributed by atoms with Gasteiger partial charge in [-0.3, -0.25) is 14.5 Å². The maximum atomic E-state index is 13.0. The minimum Gasteiger partial charge on any atom is -0.341 e. The molecule has 138 valence electrons. The van der Waals surface area contributed by atoms with E-state index in [1.807, 2.05) is 0 Å². The third-order valence-corrected chi connectivity index (χ3v) is 4.34. The number of para-hydroxylation sites is 1. The fraction of sp³-hybridized carbons (Fsp3) is 0.529. The number of benzene rings is 1. The average molecular weight is 357 g/mol. The van der Waals surface area contributed by atoms with Crippen LogP contribution in [0.2, 0.25) is 0 Å². The summed E-state index contributed by atoms with van der Waals surface area (Å²) in [4.78, 5) is 27.7. The zero-order valence-electron chi connectivity index (χ0n) is 14.3. The van der Waals surface area contributed by atoms with Crippen LogP contribution in [-0.4, -0.2) is 54.3 Å². The minimum absolute atomic E-state index is 0.0662. The zero-order chi connectivity index (χ0) is 18.6. The van der Waals surface area contributed by atoms with Crippen LogP contribution in [0.5, 0.6) is 0 Å². The number of alkyl halides is 3. The highest BCUT2D eigenvalue weighted by molar-refractivity contribution is 5.93. The lowest BCUT2D eigenvalue weighted by atomic mass is 10.1. The molecule has 0 aliphatic carbocycles. The summed E-state index contributed by atoms with van der Waals surface area (Å²) in [6.07, 6.45) is -2.61. The van der Waals surface area contributed by atoms with E-state index < -0.39 is 23.7 Å². The van der Waals surface area contributed by atoms with Gasteiger partial charge in [-0.05, 0) is 38.9 Å². The molecule has 0 bridgehead atoms. The van der Waals surface area contributed by atoms with E-state index in [9.17, 15) is 22.8 Å². The smallest absolute Gasteiger partial charge is 0.341 e. The quantitative estimate of drug-likeness (QED) is 0.881. The van der Waals surface area contributed by atoms with Crippen LogP contribution in [0.25, 0.3) is 0 Å². The summed E-state index contributed by atoms with van der Waals surface area (Å²) in [5.41, 5.74) is -1.18. The molecule has 0 spiro atoms. The van der Waals surface area contributed by atoms with Crippen molar-refractivity contribution in [2.45, 2.75) is 32.0 Å². The Balaban J connectivity index is 1.97. The number of anilines is 1. The molecule has 0 unspecified atom stereocenters. The molecule has 1 aliphatic rings. The van der Waals surface area contributed by atoms with Crippen molar-refractivity contribution >= 4 is 17.5 Å². The number of amides is 2. The van der Waals surface area contributed by atoms with Crippen LogP contribution in [0.3, 0.4) is 0 Å². The van der Waals surface area contributed by atoms with Crippen LogP contribution in [0, 0.1) is 0 Å². The molecule has 0 aromatic heterocycles. The van der Waals surface area contributed by atoms with Crippen molar-refractivity contribution in [1.82, 2.24) is 9.80 Å². The maximum Gasteiger partial charge on any atom is 0.418 e. The standard InChI is InChI=1S/C17H22F3N3O2/c1-12(16(25)23-9-5-6-10-23)22(2)11-15(24)21-14-8-4-3-7-13(14)17(18,19)20/h3-4,7-8,12H,5-6,9-11H2,1-2H3,(H,21,24)/t12-/m0/s1. The number of hydrogen-bond acceptors (Lipinski definition) is 3. The second kappa shape index (κ2) is 7.86. The number of likely N-dealkylation sites (tertiary alicyclic amines) is 1. The summed E-state index contributed by atoms with van der Waals surface area (Å²) in [7, 11) is 1.61. The highest BCUT2D eigenvalue weighted by Gasteiger charge is 2.34. The van der Waals surface area contributed by atoms with Gasteiger partial charge in [-0.25, -0.2) is 0 Å². The second-order valence-corrected chi connectivity index (χ2v) is 6.21. The van der Waals surface area contributed by atoms with Gasteiger partial charge in [0.05, 0.1) is 23.8 Å². The largest absolute Gasteiger partial charge is 0.418 e. The first-order valence-electron chi connectivity index (χ1n) is 8.15. The Labute approximate surface area is 144 Å². The predicted octanol–water partition coefficient (Wildman–Crippen LogP) is 2.59. The molecular formula is C17H22F3N3O2. The Hall–Kier alpha value is -2.09. The number of carbonyl (C=O) groups excluding carboxylic acids is 2. The van der Waals surface area contributed by atoms with Gasteiger partial charge in [0.2, 0.25) is 11.8 Å². The maximum absolute atomic E-state index is 13.0. The van der Waals surface area contributed by atoms with Crippen LogP contribution >= 0.6 is 0 Å². The van der Waals surface area contributed by atoms with Crippen LogP contribution in [-0.2, 0) is 15.8 Å². The van der Waals surface area contributed by atoms with Crippen molar-refractivity contribution < 1.29 is 22.8 Å². The third-order valence-electron chi connectivity index (χ3n) is 4.34. The van der Waals surface area contributed by atoms with E-state index in [1.165, 1.54) is 23.1 Å². The fourth-order valence-electron chi connectivity index (χ4n) is 2.78. The molecule has 8 heteroatoms. The molecule has 1 aromatic rings. The summed E-state index contributed by atoms with van der Waals surface area (Å²) in [6.45, 7) is 2.94. The van der Waals surface area contributed by atoms with E-state index in [0.29, 0.717) is 13.1 Å². The molecular weight excluding hydrogens is 335 g/mol. The van der Waals surface area contributed by atoms with E-state index in [0.717, 1.165) is 18.9 Å². The molecule has 1 N–H and O–H groups in total. The van der Waals surface area contributed by atoms with Crippen LogP contribution in [0.1, 0.15) is 25.3 Å². The van der Waals surface area contributed by atoms with Crippen molar-refractivity contribution in [1.29, 1.82) is 0 Å². The van der Waals surface area contributed by atoms with Crippen LogP contribution in [0.15, 0.2) is 24.3 Å². The lowest BCUT2D eigenvalue weighted by Gasteiger charge is -2.27.